The molecule has 1 N–H and O–H groups in total. The van der Waals surface area contributed by atoms with Crippen LogP contribution in [0.1, 0.15) is 21.7 Å². The molecular formula is C17H13Cl2N3O2. The number of carbonyl (C=O) groups excluding carboxylic acids is 1. The van der Waals surface area contributed by atoms with E-state index in [2.05, 4.69) is 15.5 Å². The van der Waals surface area contributed by atoms with Gasteiger partial charge in [0.15, 0.2) is 5.82 Å². The Hall–Kier alpha value is -2.37. The van der Waals surface area contributed by atoms with Gasteiger partial charge in [0.05, 0.1) is 0 Å². The maximum absolute atomic E-state index is 12.2. The summed E-state index contributed by atoms with van der Waals surface area (Å²) in [5, 5.41) is 7.64. The number of halogens is 2. The van der Waals surface area contributed by atoms with Crippen molar-refractivity contribution in [2.75, 3.05) is 0 Å². The Morgan fingerprint density at radius 2 is 1.92 bits per heavy atom. The molecule has 5 nitrogen and oxygen atoms in total. The molecule has 0 unspecified atom stereocenters. The number of hydrogen-bond donors (Lipinski definition) is 1. The van der Waals surface area contributed by atoms with Crippen molar-refractivity contribution in [1.82, 2.24) is 15.5 Å². The van der Waals surface area contributed by atoms with Crippen molar-refractivity contribution in [3.63, 3.8) is 0 Å². The molecule has 0 fully saturated rings. The number of carbonyl (C=O) groups is 1. The average Bonchev–Trinajstić information content (AvgIpc) is 3.00. The first kappa shape index (κ1) is 16.5. The predicted octanol–water partition coefficient (Wildman–Crippen LogP) is 4.28. The van der Waals surface area contributed by atoms with E-state index < -0.39 is 0 Å². The molecule has 0 aliphatic carbocycles. The Morgan fingerprint density at radius 3 is 2.54 bits per heavy atom. The van der Waals surface area contributed by atoms with Crippen molar-refractivity contribution in [1.29, 1.82) is 0 Å². The molecule has 7 heteroatoms. The largest absolute Gasteiger partial charge is 0.348 e. The lowest BCUT2D eigenvalue weighted by atomic mass is 10.1. The van der Waals surface area contributed by atoms with E-state index in [0.29, 0.717) is 33.9 Å². The van der Waals surface area contributed by atoms with Crippen LogP contribution in [0.3, 0.4) is 0 Å². The Balaban J connectivity index is 1.67. The topological polar surface area (TPSA) is 68.0 Å². The van der Waals surface area contributed by atoms with Gasteiger partial charge in [0.25, 0.3) is 11.8 Å². The van der Waals surface area contributed by atoms with Gasteiger partial charge in [0.2, 0.25) is 0 Å². The average molecular weight is 362 g/mol. The van der Waals surface area contributed by atoms with Gasteiger partial charge in [-0.3, -0.25) is 4.79 Å². The molecule has 3 rings (SSSR count). The molecule has 24 heavy (non-hydrogen) atoms. The third-order valence-electron chi connectivity index (χ3n) is 3.38. The first-order chi connectivity index (χ1) is 11.5. The second kappa shape index (κ2) is 7.03. The summed E-state index contributed by atoms with van der Waals surface area (Å²) in [5.74, 6) is 0.786. The monoisotopic (exact) mass is 361 g/mol. The fourth-order valence-corrected chi connectivity index (χ4v) is 2.60. The summed E-state index contributed by atoms with van der Waals surface area (Å²) in [6, 6.07) is 12.1. The first-order valence-corrected chi connectivity index (χ1v) is 7.91. The summed E-state index contributed by atoms with van der Waals surface area (Å²) < 4.78 is 5.09. The van der Waals surface area contributed by atoms with Crippen LogP contribution < -0.4 is 5.32 Å². The van der Waals surface area contributed by atoms with Crippen LogP contribution in [0.4, 0.5) is 0 Å². The second-order valence-electron chi connectivity index (χ2n) is 5.14. The van der Waals surface area contributed by atoms with Gasteiger partial charge in [-0.2, -0.15) is 4.98 Å². The normalized spacial score (nSPS) is 10.6. The third-order valence-corrected chi connectivity index (χ3v) is 3.96. The fraction of sp³-hybridized carbons (Fsp3) is 0.118. The van der Waals surface area contributed by atoms with E-state index >= 15 is 0 Å². The zero-order valence-electron chi connectivity index (χ0n) is 12.7. The number of aryl methyl sites for hydroxylation is 1. The SMILES string of the molecule is Cc1noc(-c2ccc(C(=O)NCc3ccc(Cl)cc3Cl)cc2)n1. The molecule has 0 saturated carbocycles. The van der Waals surface area contributed by atoms with Gasteiger partial charge in [-0.1, -0.05) is 34.4 Å². The summed E-state index contributed by atoms with van der Waals surface area (Å²) in [6.45, 7) is 2.07. The quantitative estimate of drug-likeness (QED) is 0.752. The summed E-state index contributed by atoms with van der Waals surface area (Å²) in [5.41, 5.74) is 2.08. The van der Waals surface area contributed by atoms with Crippen LogP contribution in [-0.2, 0) is 6.54 Å². The lowest BCUT2D eigenvalue weighted by molar-refractivity contribution is 0.0951. The Kier molecular flexibility index (Phi) is 4.83. The number of benzene rings is 2. The maximum atomic E-state index is 12.2. The standard InChI is InChI=1S/C17H13Cl2N3O2/c1-10-21-17(24-22-10)12-4-2-11(3-5-12)16(23)20-9-13-6-7-14(18)8-15(13)19/h2-8H,9H2,1H3,(H,20,23). The van der Waals surface area contributed by atoms with Crippen molar-refractivity contribution >= 4 is 29.1 Å². The van der Waals surface area contributed by atoms with E-state index in [1.54, 1.807) is 49.4 Å². The fourth-order valence-electron chi connectivity index (χ4n) is 2.12. The van der Waals surface area contributed by atoms with Crippen molar-refractivity contribution < 1.29 is 9.32 Å². The van der Waals surface area contributed by atoms with E-state index in [0.717, 1.165) is 11.1 Å². The molecule has 0 aliphatic rings. The predicted molar refractivity (Wildman–Crippen MR) is 92.1 cm³/mol. The molecule has 1 aromatic heterocycles. The van der Waals surface area contributed by atoms with Crippen LogP contribution in [-0.4, -0.2) is 16.0 Å². The second-order valence-corrected chi connectivity index (χ2v) is 5.99. The molecule has 3 aromatic rings. The van der Waals surface area contributed by atoms with E-state index in [4.69, 9.17) is 27.7 Å². The Bertz CT molecular complexity index is 876. The molecule has 1 heterocycles. The number of hydrogen-bond acceptors (Lipinski definition) is 4. The number of amides is 1. The molecule has 0 spiro atoms. The molecule has 0 radical (unpaired) electrons. The number of nitrogens with zero attached hydrogens (tertiary/aromatic N) is 2. The van der Waals surface area contributed by atoms with E-state index in [1.165, 1.54) is 0 Å². The summed E-state index contributed by atoms with van der Waals surface area (Å²) >= 11 is 11.9. The van der Waals surface area contributed by atoms with Crippen molar-refractivity contribution in [3.8, 4) is 11.5 Å². The zero-order valence-corrected chi connectivity index (χ0v) is 14.2. The highest BCUT2D eigenvalue weighted by Gasteiger charge is 2.10. The Labute approximate surface area is 148 Å². The molecule has 0 saturated heterocycles. The smallest absolute Gasteiger partial charge is 0.257 e. The van der Waals surface area contributed by atoms with Crippen molar-refractivity contribution in [2.45, 2.75) is 13.5 Å². The van der Waals surface area contributed by atoms with Gasteiger partial charge in [-0.25, -0.2) is 0 Å². The van der Waals surface area contributed by atoms with Gasteiger partial charge >= 0.3 is 0 Å². The minimum atomic E-state index is -0.200. The highest BCUT2D eigenvalue weighted by Crippen LogP contribution is 2.21. The van der Waals surface area contributed by atoms with Crippen LogP contribution in [0, 0.1) is 6.92 Å². The van der Waals surface area contributed by atoms with Crippen LogP contribution in [0.2, 0.25) is 10.0 Å². The summed E-state index contributed by atoms with van der Waals surface area (Å²) in [7, 11) is 0. The van der Waals surface area contributed by atoms with Crippen LogP contribution in [0.25, 0.3) is 11.5 Å². The summed E-state index contributed by atoms with van der Waals surface area (Å²) in [4.78, 5) is 16.4. The third kappa shape index (κ3) is 3.75. The van der Waals surface area contributed by atoms with Gasteiger partial charge in [-0.15, -0.1) is 0 Å². The number of aromatic nitrogens is 2. The van der Waals surface area contributed by atoms with Crippen molar-refractivity contribution in [2.24, 2.45) is 0 Å². The molecule has 0 aliphatic heterocycles. The Morgan fingerprint density at radius 1 is 1.17 bits per heavy atom. The van der Waals surface area contributed by atoms with Crippen LogP contribution in [0.15, 0.2) is 47.0 Å². The molecule has 0 atom stereocenters. The van der Waals surface area contributed by atoms with Gasteiger partial charge in [0.1, 0.15) is 0 Å². The zero-order chi connectivity index (χ0) is 17.1. The minimum absolute atomic E-state index is 0.200. The molecular weight excluding hydrogens is 349 g/mol. The van der Waals surface area contributed by atoms with Gasteiger partial charge in [-0.05, 0) is 48.9 Å². The lowest BCUT2D eigenvalue weighted by Crippen LogP contribution is -2.22. The highest BCUT2D eigenvalue weighted by molar-refractivity contribution is 6.35. The number of rotatable bonds is 4. The molecule has 0 bridgehead atoms. The van der Waals surface area contributed by atoms with Gasteiger partial charge in [0, 0.05) is 27.7 Å². The van der Waals surface area contributed by atoms with Crippen LogP contribution in [0.5, 0.6) is 0 Å². The van der Waals surface area contributed by atoms with Crippen molar-refractivity contribution in [3.05, 3.63) is 69.5 Å². The molecule has 1 amide bonds. The van der Waals surface area contributed by atoms with Crippen LogP contribution >= 0.6 is 23.2 Å². The lowest BCUT2D eigenvalue weighted by Gasteiger charge is -2.07. The van der Waals surface area contributed by atoms with E-state index in [1.807, 2.05) is 0 Å². The highest BCUT2D eigenvalue weighted by atomic mass is 35.5. The molecule has 122 valence electrons. The molecule has 2 aromatic carbocycles. The maximum Gasteiger partial charge on any atom is 0.257 e. The number of nitrogens with one attached hydrogen (secondary N) is 1. The summed E-state index contributed by atoms with van der Waals surface area (Å²) in [6.07, 6.45) is 0. The minimum Gasteiger partial charge on any atom is -0.348 e. The first-order valence-electron chi connectivity index (χ1n) is 7.16. The van der Waals surface area contributed by atoms with E-state index in [-0.39, 0.29) is 5.91 Å². The van der Waals surface area contributed by atoms with Gasteiger partial charge < -0.3 is 9.84 Å². The van der Waals surface area contributed by atoms with E-state index in [9.17, 15) is 4.79 Å².